The number of aromatic nitrogens is 2. The van der Waals surface area contributed by atoms with Crippen LogP contribution in [-0.4, -0.2) is 34.8 Å². The van der Waals surface area contributed by atoms with Crippen molar-refractivity contribution < 1.29 is 19.4 Å². The van der Waals surface area contributed by atoms with Crippen molar-refractivity contribution in [1.29, 1.82) is 0 Å². The van der Waals surface area contributed by atoms with Gasteiger partial charge in [-0.2, -0.15) is 0 Å². The Bertz CT molecular complexity index is 870. The molecule has 0 spiro atoms. The second-order valence-electron chi connectivity index (χ2n) is 4.92. The summed E-state index contributed by atoms with van der Waals surface area (Å²) in [5, 5.41) is 9.05. The number of carbonyl (C=O) groups is 1. The van der Waals surface area contributed by atoms with Crippen molar-refractivity contribution in [1.82, 2.24) is 9.97 Å². The Balaban J connectivity index is 2.04. The van der Waals surface area contributed by atoms with Gasteiger partial charge < -0.3 is 19.6 Å². The van der Waals surface area contributed by atoms with E-state index < -0.39 is 5.97 Å². The minimum Gasteiger partial charge on any atom is -0.493 e. The van der Waals surface area contributed by atoms with Crippen molar-refractivity contribution in [3.8, 4) is 22.9 Å². The Labute approximate surface area is 132 Å². The molecule has 1 heterocycles. The quantitative estimate of drug-likeness (QED) is 0.755. The molecule has 0 unspecified atom stereocenters. The summed E-state index contributed by atoms with van der Waals surface area (Å²) in [6, 6.07) is 10.3. The molecular weight excluding hydrogens is 296 g/mol. The van der Waals surface area contributed by atoms with E-state index in [9.17, 15) is 4.79 Å². The summed E-state index contributed by atoms with van der Waals surface area (Å²) in [6.45, 7) is 2.46. The Kier molecular flexibility index (Phi) is 3.89. The predicted molar refractivity (Wildman–Crippen MR) is 86.2 cm³/mol. The first kappa shape index (κ1) is 14.9. The summed E-state index contributed by atoms with van der Waals surface area (Å²) in [6.07, 6.45) is 0. The summed E-state index contributed by atoms with van der Waals surface area (Å²) in [5.74, 6) is 0.966. The van der Waals surface area contributed by atoms with Crippen LogP contribution in [0.2, 0.25) is 0 Å². The molecule has 0 saturated carbocycles. The van der Waals surface area contributed by atoms with Gasteiger partial charge in [0.15, 0.2) is 11.5 Å². The van der Waals surface area contributed by atoms with Gasteiger partial charge >= 0.3 is 5.97 Å². The van der Waals surface area contributed by atoms with Gasteiger partial charge in [0.1, 0.15) is 5.82 Å². The normalized spacial score (nSPS) is 10.7. The van der Waals surface area contributed by atoms with Crippen LogP contribution in [0.15, 0.2) is 36.4 Å². The lowest BCUT2D eigenvalue weighted by atomic mass is 10.2. The Morgan fingerprint density at radius 1 is 1.22 bits per heavy atom. The number of fused-ring (bicyclic) bond motifs is 1. The van der Waals surface area contributed by atoms with Crippen LogP contribution in [0.5, 0.6) is 11.5 Å². The van der Waals surface area contributed by atoms with Crippen LogP contribution >= 0.6 is 0 Å². The molecule has 6 nitrogen and oxygen atoms in total. The average molecular weight is 312 g/mol. The van der Waals surface area contributed by atoms with E-state index in [0.29, 0.717) is 35.0 Å². The predicted octanol–water partition coefficient (Wildman–Crippen LogP) is 3.34. The highest BCUT2D eigenvalue weighted by molar-refractivity contribution is 5.93. The van der Waals surface area contributed by atoms with Gasteiger partial charge in [-0.05, 0) is 43.3 Å². The van der Waals surface area contributed by atoms with Gasteiger partial charge in [0.25, 0.3) is 0 Å². The van der Waals surface area contributed by atoms with Gasteiger partial charge in [0.2, 0.25) is 0 Å². The van der Waals surface area contributed by atoms with Gasteiger partial charge in [-0.1, -0.05) is 0 Å². The molecule has 118 valence electrons. The zero-order valence-electron chi connectivity index (χ0n) is 12.8. The SMILES string of the molecule is CCOc1ccc(-c2nc3ccc(C(=O)O)cc3[nH]2)cc1OC. The summed E-state index contributed by atoms with van der Waals surface area (Å²) in [5.41, 5.74) is 2.43. The molecule has 0 radical (unpaired) electrons. The second kappa shape index (κ2) is 6.00. The molecule has 2 aromatic carbocycles. The summed E-state index contributed by atoms with van der Waals surface area (Å²) in [4.78, 5) is 18.7. The van der Waals surface area contributed by atoms with Crippen molar-refractivity contribution >= 4 is 17.0 Å². The largest absolute Gasteiger partial charge is 0.493 e. The zero-order valence-corrected chi connectivity index (χ0v) is 12.8. The molecular formula is C17H16N2O4. The number of ether oxygens (including phenoxy) is 2. The molecule has 0 fully saturated rings. The van der Waals surface area contributed by atoms with Crippen LogP contribution in [-0.2, 0) is 0 Å². The van der Waals surface area contributed by atoms with E-state index in [1.54, 1.807) is 19.2 Å². The molecule has 3 rings (SSSR count). The van der Waals surface area contributed by atoms with Crippen molar-refractivity contribution in [3.63, 3.8) is 0 Å². The van der Waals surface area contributed by atoms with Crippen LogP contribution in [0.4, 0.5) is 0 Å². The number of nitrogens with zero attached hydrogens (tertiary/aromatic N) is 1. The van der Waals surface area contributed by atoms with Crippen molar-refractivity contribution in [3.05, 3.63) is 42.0 Å². The lowest BCUT2D eigenvalue weighted by Gasteiger charge is -2.09. The Morgan fingerprint density at radius 3 is 2.74 bits per heavy atom. The lowest BCUT2D eigenvalue weighted by molar-refractivity contribution is 0.0697. The van der Waals surface area contributed by atoms with Gasteiger partial charge in [0, 0.05) is 5.56 Å². The fraction of sp³-hybridized carbons (Fsp3) is 0.176. The zero-order chi connectivity index (χ0) is 16.4. The van der Waals surface area contributed by atoms with E-state index in [2.05, 4.69) is 9.97 Å². The van der Waals surface area contributed by atoms with E-state index in [1.807, 2.05) is 25.1 Å². The maximum absolute atomic E-state index is 11.0. The first-order valence-corrected chi connectivity index (χ1v) is 7.16. The van der Waals surface area contributed by atoms with Gasteiger partial charge in [-0.3, -0.25) is 0 Å². The smallest absolute Gasteiger partial charge is 0.335 e. The first-order chi connectivity index (χ1) is 11.1. The second-order valence-corrected chi connectivity index (χ2v) is 4.92. The van der Waals surface area contributed by atoms with Gasteiger partial charge in [-0.15, -0.1) is 0 Å². The molecule has 0 atom stereocenters. The van der Waals surface area contributed by atoms with Crippen LogP contribution in [0.3, 0.4) is 0 Å². The van der Waals surface area contributed by atoms with E-state index in [-0.39, 0.29) is 5.56 Å². The molecule has 3 aromatic rings. The maximum atomic E-state index is 11.0. The molecule has 0 aliphatic carbocycles. The number of imidazole rings is 1. The number of carboxylic acids is 1. The third-order valence-electron chi connectivity index (χ3n) is 3.47. The average Bonchev–Trinajstić information content (AvgIpc) is 2.98. The minimum atomic E-state index is -0.967. The Hall–Kier alpha value is -3.02. The third-order valence-corrected chi connectivity index (χ3v) is 3.47. The molecule has 1 aromatic heterocycles. The maximum Gasteiger partial charge on any atom is 0.335 e. The van der Waals surface area contributed by atoms with E-state index in [0.717, 1.165) is 5.56 Å². The van der Waals surface area contributed by atoms with Gasteiger partial charge in [-0.25, -0.2) is 9.78 Å². The fourth-order valence-corrected chi connectivity index (χ4v) is 2.37. The highest BCUT2D eigenvalue weighted by Gasteiger charge is 2.11. The highest BCUT2D eigenvalue weighted by atomic mass is 16.5. The monoisotopic (exact) mass is 312 g/mol. The number of hydrogen-bond acceptors (Lipinski definition) is 4. The topological polar surface area (TPSA) is 84.4 Å². The molecule has 0 aliphatic heterocycles. The molecule has 6 heteroatoms. The number of methoxy groups -OCH3 is 1. The Morgan fingerprint density at radius 2 is 2.04 bits per heavy atom. The summed E-state index contributed by atoms with van der Waals surface area (Å²) >= 11 is 0. The number of rotatable bonds is 5. The molecule has 2 N–H and O–H groups in total. The number of carboxylic acid groups (broad SMARTS) is 1. The van der Waals surface area contributed by atoms with Crippen molar-refractivity contribution in [2.75, 3.05) is 13.7 Å². The fourth-order valence-electron chi connectivity index (χ4n) is 2.37. The number of benzene rings is 2. The lowest BCUT2D eigenvalue weighted by Crippen LogP contribution is -1.95. The number of aromatic amines is 1. The van der Waals surface area contributed by atoms with Crippen molar-refractivity contribution in [2.45, 2.75) is 6.92 Å². The summed E-state index contributed by atoms with van der Waals surface area (Å²) in [7, 11) is 1.58. The first-order valence-electron chi connectivity index (χ1n) is 7.16. The van der Waals surface area contributed by atoms with Crippen LogP contribution in [0.1, 0.15) is 17.3 Å². The van der Waals surface area contributed by atoms with Crippen molar-refractivity contribution in [2.24, 2.45) is 0 Å². The van der Waals surface area contributed by atoms with E-state index in [1.165, 1.54) is 6.07 Å². The third kappa shape index (κ3) is 2.83. The standard InChI is InChI=1S/C17H16N2O4/c1-3-23-14-7-5-10(9-15(14)22-2)16-18-12-6-4-11(17(20)21)8-13(12)19-16/h4-9H,3H2,1-2H3,(H,18,19)(H,20,21). The number of nitrogens with one attached hydrogen (secondary N) is 1. The minimum absolute atomic E-state index is 0.219. The highest BCUT2D eigenvalue weighted by Crippen LogP contribution is 2.32. The number of H-pyrrole nitrogens is 1. The molecule has 0 saturated heterocycles. The molecule has 0 aliphatic rings. The van der Waals surface area contributed by atoms with Crippen LogP contribution in [0.25, 0.3) is 22.4 Å². The number of aromatic carboxylic acids is 1. The van der Waals surface area contributed by atoms with E-state index in [4.69, 9.17) is 14.6 Å². The van der Waals surface area contributed by atoms with Gasteiger partial charge in [0.05, 0.1) is 30.3 Å². The molecule has 0 amide bonds. The summed E-state index contributed by atoms with van der Waals surface area (Å²) < 4.78 is 10.8. The van der Waals surface area contributed by atoms with Crippen LogP contribution in [0, 0.1) is 0 Å². The van der Waals surface area contributed by atoms with E-state index >= 15 is 0 Å². The number of hydrogen-bond donors (Lipinski definition) is 2. The molecule has 0 bridgehead atoms. The van der Waals surface area contributed by atoms with Crippen LogP contribution < -0.4 is 9.47 Å². The molecule has 23 heavy (non-hydrogen) atoms.